The zero-order valence-electron chi connectivity index (χ0n) is 17.5. The largest absolute Gasteiger partial charge is 0.372 e. The molecule has 0 aliphatic heterocycles. The summed E-state index contributed by atoms with van der Waals surface area (Å²) in [7, 11) is 0. The molecule has 0 saturated heterocycles. The fraction of sp³-hybridized carbons (Fsp3) is 0.273. The number of guanidine groups is 1. The summed E-state index contributed by atoms with van der Waals surface area (Å²) in [6.45, 7) is -0.0595. The fourth-order valence-electron chi connectivity index (χ4n) is 3.34. The van der Waals surface area contributed by atoms with Gasteiger partial charge in [-0.1, -0.05) is 54.6 Å². The van der Waals surface area contributed by atoms with Gasteiger partial charge >= 0.3 is 0 Å². The average Bonchev–Trinajstić information content (AvgIpc) is 2.80. The first kappa shape index (κ1) is 24.5. The van der Waals surface area contributed by atoms with Crippen molar-refractivity contribution < 1.29 is 19.5 Å². The smallest absolute Gasteiger partial charge is 0.258 e. The molecular formula is C22H28N6O4. The first-order valence-corrected chi connectivity index (χ1v) is 9.98. The molecule has 0 radical (unpaired) electrons. The Bertz CT molecular complexity index is 991. The monoisotopic (exact) mass is 440 g/mol. The van der Waals surface area contributed by atoms with E-state index in [9.17, 15) is 19.5 Å². The van der Waals surface area contributed by atoms with Gasteiger partial charge in [0.2, 0.25) is 5.91 Å². The number of carbonyl (C=O) groups excluding carboxylic acids is 3. The van der Waals surface area contributed by atoms with Gasteiger partial charge < -0.3 is 33.4 Å². The van der Waals surface area contributed by atoms with Crippen LogP contribution in [0.25, 0.3) is 0 Å². The molecule has 170 valence electrons. The maximum atomic E-state index is 13.4. The van der Waals surface area contributed by atoms with Crippen LogP contribution in [0.15, 0.2) is 59.6 Å². The third-order valence-electron chi connectivity index (χ3n) is 4.91. The van der Waals surface area contributed by atoms with Gasteiger partial charge in [0.15, 0.2) is 17.3 Å². The third-order valence-corrected chi connectivity index (χ3v) is 4.91. The summed E-state index contributed by atoms with van der Waals surface area (Å²) in [5.74, 6) is -2.17. The molecule has 2 aromatic carbocycles. The lowest BCUT2D eigenvalue weighted by Crippen LogP contribution is -2.46. The normalized spacial score (nSPS) is 13.4. The lowest BCUT2D eigenvalue weighted by molar-refractivity contribution is -0.133. The van der Waals surface area contributed by atoms with Crippen molar-refractivity contribution in [2.75, 3.05) is 13.1 Å². The molecule has 1 unspecified atom stereocenters. The number of nitrogens with zero attached hydrogens (tertiary/aromatic N) is 1. The van der Waals surface area contributed by atoms with Crippen LogP contribution in [0.1, 0.15) is 34.3 Å². The Morgan fingerprint density at radius 3 is 2.22 bits per heavy atom. The second-order valence-electron chi connectivity index (χ2n) is 7.12. The van der Waals surface area contributed by atoms with E-state index in [-0.39, 0.29) is 42.2 Å². The highest BCUT2D eigenvalue weighted by molar-refractivity contribution is 6.05. The van der Waals surface area contributed by atoms with Crippen molar-refractivity contribution in [3.05, 3.63) is 71.3 Å². The predicted molar refractivity (Wildman–Crippen MR) is 120 cm³/mol. The Labute approximate surface area is 185 Å². The van der Waals surface area contributed by atoms with Crippen LogP contribution in [0.3, 0.4) is 0 Å². The van der Waals surface area contributed by atoms with Gasteiger partial charge in [-0.2, -0.15) is 0 Å². The number of primary amides is 1. The summed E-state index contributed by atoms with van der Waals surface area (Å²) in [5, 5.41) is 13.9. The Morgan fingerprint density at radius 1 is 1.00 bits per heavy atom. The van der Waals surface area contributed by atoms with Crippen LogP contribution in [0, 0.1) is 0 Å². The van der Waals surface area contributed by atoms with E-state index in [0.717, 1.165) is 0 Å². The first-order valence-electron chi connectivity index (χ1n) is 9.98. The summed E-state index contributed by atoms with van der Waals surface area (Å²) in [6, 6.07) is 13.2. The lowest BCUT2D eigenvalue weighted by atomic mass is 9.81. The average molecular weight is 441 g/mol. The highest BCUT2D eigenvalue weighted by Gasteiger charge is 2.41. The first-order chi connectivity index (χ1) is 15.2. The predicted octanol–water partition coefficient (Wildman–Crippen LogP) is -0.912. The maximum Gasteiger partial charge on any atom is 0.258 e. The van der Waals surface area contributed by atoms with Gasteiger partial charge in [0.05, 0.1) is 12.6 Å². The lowest BCUT2D eigenvalue weighted by Gasteiger charge is -2.28. The molecule has 2 amide bonds. The van der Waals surface area contributed by atoms with Crippen molar-refractivity contribution in [3.8, 4) is 0 Å². The van der Waals surface area contributed by atoms with Crippen LogP contribution < -0.4 is 28.3 Å². The van der Waals surface area contributed by atoms with Gasteiger partial charge in [0.1, 0.15) is 0 Å². The number of nitrogens with one attached hydrogen (secondary N) is 1. The Balaban J connectivity index is 2.48. The molecule has 32 heavy (non-hydrogen) atoms. The van der Waals surface area contributed by atoms with E-state index in [1.807, 2.05) is 0 Å². The second kappa shape index (κ2) is 11.0. The van der Waals surface area contributed by atoms with Gasteiger partial charge in [0, 0.05) is 17.7 Å². The van der Waals surface area contributed by atoms with E-state index in [2.05, 4.69) is 10.3 Å². The molecule has 0 aliphatic carbocycles. The summed E-state index contributed by atoms with van der Waals surface area (Å²) in [6.07, 6.45) is 0.593. The zero-order chi connectivity index (χ0) is 23.7. The van der Waals surface area contributed by atoms with E-state index in [0.29, 0.717) is 6.42 Å². The Morgan fingerprint density at radius 2 is 1.62 bits per heavy atom. The minimum absolute atomic E-state index is 0.0138. The molecule has 0 fully saturated rings. The van der Waals surface area contributed by atoms with Crippen LogP contribution in [-0.2, 0) is 15.2 Å². The molecule has 0 bridgehead atoms. The molecular weight excluding hydrogens is 412 g/mol. The van der Waals surface area contributed by atoms with Crippen molar-refractivity contribution in [2.24, 2.45) is 27.9 Å². The van der Waals surface area contributed by atoms with E-state index in [1.54, 1.807) is 30.3 Å². The molecule has 2 atom stereocenters. The van der Waals surface area contributed by atoms with Crippen molar-refractivity contribution >= 4 is 23.6 Å². The highest BCUT2D eigenvalue weighted by Crippen LogP contribution is 2.32. The molecule has 0 heterocycles. The number of carbonyl (C=O) groups is 3. The van der Waals surface area contributed by atoms with Gasteiger partial charge in [-0.25, -0.2) is 0 Å². The number of aliphatic imine (C=N–C) groups is 1. The molecule has 0 spiro atoms. The number of aliphatic hydroxyl groups is 1. The topological polar surface area (TPSA) is 200 Å². The molecule has 10 heteroatoms. The van der Waals surface area contributed by atoms with Gasteiger partial charge in [-0.15, -0.1) is 0 Å². The minimum atomic E-state index is -2.26. The molecule has 2 aromatic rings. The van der Waals surface area contributed by atoms with Crippen LogP contribution in [0.5, 0.6) is 0 Å². The van der Waals surface area contributed by atoms with Gasteiger partial charge in [-0.05, 0) is 18.4 Å². The standard InChI is InChI=1S/C22H28N6O4/c23-13-18(29)28-17(11-6-12-27-21(25)26)19(30)15-9-4-5-10-16(15)22(32,20(24)31)14-7-2-1-3-8-14/h1-5,7-10,17,32H,6,11-13,23H2,(H2,24,31)(H,28,29)(H4,25,26,27)/t17-,22?/m0/s1. The summed E-state index contributed by atoms with van der Waals surface area (Å²) in [4.78, 5) is 41.6. The van der Waals surface area contributed by atoms with Crippen molar-refractivity contribution in [2.45, 2.75) is 24.5 Å². The molecule has 2 rings (SSSR count). The summed E-state index contributed by atoms with van der Waals surface area (Å²) >= 11 is 0. The van der Waals surface area contributed by atoms with Crippen molar-refractivity contribution in [1.29, 1.82) is 0 Å². The number of benzene rings is 2. The number of ketones is 1. The van der Waals surface area contributed by atoms with Crippen LogP contribution in [-0.4, -0.2) is 47.8 Å². The van der Waals surface area contributed by atoms with E-state index in [4.69, 9.17) is 22.9 Å². The maximum absolute atomic E-state index is 13.4. The van der Waals surface area contributed by atoms with E-state index in [1.165, 1.54) is 24.3 Å². The van der Waals surface area contributed by atoms with Crippen LogP contribution in [0.2, 0.25) is 0 Å². The van der Waals surface area contributed by atoms with E-state index >= 15 is 0 Å². The van der Waals surface area contributed by atoms with Crippen molar-refractivity contribution in [1.82, 2.24) is 5.32 Å². The SMILES string of the molecule is NCC(=O)N[C@@H](CCCN=C(N)N)C(=O)c1ccccc1C(O)(C(N)=O)c1ccccc1. The molecule has 0 aromatic heterocycles. The van der Waals surface area contributed by atoms with Gasteiger partial charge in [0.25, 0.3) is 5.91 Å². The number of amides is 2. The van der Waals surface area contributed by atoms with E-state index < -0.39 is 29.2 Å². The van der Waals surface area contributed by atoms with Gasteiger partial charge in [-0.3, -0.25) is 19.4 Å². The zero-order valence-corrected chi connectivity index (χ0v) is 17.5. The molecule has 0 saturated carbocycles. The summed E-state index contributed by atoms with van der Waals surface area (Å²) < 4.78 is 0. The highest BCUT2D eigenvalue weighted by atomic mass is 16.3. The number of hydrogen-bond acceptors (Lipinski definition) is 6. The molecule has 0 aliphatic rings. The Hall–Kier alpha value is -3.76. The number of hydrogen-bond donors (Lipinski definition) is 6. The number of nitrogens with two attached hydrogens (primary N) is 4. The van der Waals surface area contributed by atoms with Crippen molar-refractivity contribution in [3.63, 3.8) is 0 Å². The summed E-state index contributed by atoms with van der Waals surface area (Å²) in [5.41, 5.74) is 19.6. The quantitative estimate of drug-likeness (QED) is 0.112. The van der Waals surface area contributed by atoms with Crippen LogP contribution in [0.4, 0.5) is 0 Å². The minimum Gasteiger partial charge on any atom is -0.372 e. The Kier molecular flexibility index (Phi) is 8.45. The molecule has 10 nitrogen and oxygen atoms in total. The number of Topliss-reactive ketones (excluding diaryl/α,β-unsaturated/α-hetero) is 1. The third kappa shape index (κ3) is 5.68. The second-order valence-corrected chi connectivity index (χ2v) is 7.12. The molecule has 10 N–H and O–H groups in total. The fourth-order valence-corrected chi connectivity index (χ4v) is 3.34. The number of rotatable bonds is 11. The van der Waals surface area contributed by atoms with Crippen LogP contribution >= 0.6 is 0 Å².